The standard InChI is InChI=1S/C14H17NO4/c1-8-5-10(11(6-15-8)14(16)17)9-3-2-4-12-13(9)19-7-18-12/h2-4,8,10-11,15H,5-7H2,1H3,(H,16,17). The number of carbonyl (C=O) groups is 1. The van der Waals surface area contributed by atoms with Crippen LogP contribution in [0.3, 0.4) is 0 Å². The van der Waals surface area contributed by atoms with Gasteiger partial charge in [-0.2, -0.15) is 0 Å². The van der Waals surface area contributed by atoms with Crippen LogP contribution in [0.2, 0.25) is 0 Å². The molecule has 1 saturated heterocycles. The third kappa shape index (κ3) is 2.14. The van der Waals surface area contributed by atoms with Gasteiger partial charge in [0.05, 0.1) is 5.92 Å². The Morgan fingerprint density at radius 2 is 2.26 bits per heavy atom. The van der Waals surface area contributed by atoms with E-state index in [9.17, 15) is 9.90 Å². The van der Waals surface area contributed by atoms with Crippen LogP contribution in [0.4, 0.5) is 0 Å². The number of hydrogen-bond donors (Lipinski definition) is 2. The van der Waals surface area contributed by atoms with Crippen molar-refractivity contribution in [1.29, 1.82) is 0 Å². The van der Waals surface area contributed by atoms with E-state index >= 15 is 0 Å². The van der Waals surface area contributed by atoms with E-state index in [2.05, 4.69) is 12.2 Å². The fourth-order valence-corrected chi connectivity index (χ4v) is 2.95. The maximum Gasteiger partial charge on any atom is 0.308 e. The van der Waals surface area contributed by atoms with Crippen LogP contribution in [0.15, 0.2) is 18.2 Å². The van der Waals surface area contributed by atoms with E-state index in [1.54, 1.807) is 0 Å². The van der Waals surface area contributed by atoms with Crippen molar-refractivity contribution in [2.24, 2.45) is 5.92 Å². The molecule has 1 aromatic rings. The van der Waals surface area contributed by atoms with E-state index in [0.29, 0.717) is 24.1 Å². The average Bonchev–Trinajstić information content (AvgIpc) is 2.86. The summed E-state index contributed by atoms with van der Waals surface area (Å²) in [7, 11) is 0. The van der Waals surface area contributed by atoms with Crippen LogP contribution in [0.5, 0.6) is 11.5 Å². The van der Waals surface area contributed by atoms with Gasteiger partial charge >= 0.3 is 5.97 Å². The first-order valence-electron chi connectivity index (χ1n) is 6.51. The van der Waals surface area contributed by atoms with Crippen molar-refractivity contribution in [1.82, 2.24) is 5.32 Å². The van der Waals surface area contributed by atoms with Gasteiger partial charge in [0.15, 0.2) is 11.5 Å². The summed E-state index contributed by atoms with van der Waals surface area (Å²) in [6, 6.07) is 6.01. The van der Waals surface area contributed by atoms with Gasteiger partial charge in [0.2, 0.25) is 6.79 Å². The fourth-order valence-electron chi connectivity index (χ4n) is 2.95. The maximum atomic E-state index is 11.4. The largest absolute Gasteiger partial charge is 0.481 e. The molecular weight excluding hydrogens is 246 g/mol. The number of aliphatic carboxylic acids is 1. The Kier molecular flexibility index (Phi) is 3.06. The second-order valence-electron chi connectivity index (χ2n) is 5.18. The predicted octanol–water partition coefficient (Wildman–Crippen LogP) is 1.58. The number of carboxylic acids is 1. The molecule has 5 heteroatoms. The van der Waals surface area contributed by atoms with Gasteiger partial charge in [-0.15, -0.1) is 0 Å². The molecule has 102 valence electrons. The molecule has 19 heavy (non-hydrogen) atoms. The highest BCUT2D eigenvalue weighted by Gasteiger charge is 2.37. The number of carboxylic acid groups (broad SMARTS) is 1. The number of piperidine rings is 1. The van der Waals surface area contributed by atoms with Crippen molar-refractivity contribution in [3.05, 3.63) is 23.8 Å². The van der Waals surface area contributed by atoms with Crippen LogP contribution in [0, 0.1) is 5.92 Å². The predicted molar refractivity (Wildman–Crippen MR) is 68.5 cm³/mol. The summed E-state index contributed by atoms with van der Waals surface area (Å²) in [6.45, 7) is 2.78. The molecule has 2 heterocycles. The molecule has 3 unspecified atom stereocenters. The van der Waals surface area contributed by atoms with Crippen LogP contribution in [-0.4, -0.2) is 30.5 Å². The summed E-state index contributed by atoms with van der Waals surface area (Å²) >= 11 is 0. The molecule has 3 atom stereocenters. The summed E-state index contributed by atoms with van der Waals surface area (Å²) in [4.78, 5) is 11.4. The molecule has 0 aromatic heterocycles. The zero-order chi connectivity index (χ0) is 13.4. The number of hydrogen-bond acceptors (Lipinski definition) is 4. The highest BCUT2D eigenvalue weighted by atomic mass is 16.7. The lowest BCUT2D eigenvalue weighted by atomic mass is 9.78. The fraction of sp³-hybridized carbons (Fsp3) is 0.500. The zero-order valence-electron chi connectivity index (χ0n) is 10.8. The van der Waals surface area contributed by atoms with E-state index in [1.807, 2.05) is 18.2 Å². The molecule has 0 radical (unpaired) electrons. The van der Waals surface area contributed by atoms with Gasteiger partial charge in [-0.1, -0.05) is 12.1 Å². The Balaban J connectivity index is 1.98. The second-order valence-corrected chi connectivity index (χ2v) is 5.18. The van der Waals surface area contributed by atoms with Crippen LogP contribution in [-0.2, 0) is 4.79 Å². The first kappa shape index (κ1) is 12.3. The third-order valence-electron chi connectivity index (χ3n) is 3.92. The molecule has 3 rings (SSSR count). The molecule has 0 bridgehead atoms. The first-order valence-corrected chi connectivity index (χ1v) is 6.51. The van der Waals surface area contributed by atoms with Gasteiger partial charge in [0, 0.05) is 24.1 Å². The summed E-state index contributed by atoms with van der Waals surface area (Å²) in [5, 5.41) is 12.6. The van der Waals surface area contributed by atoms with E-state index in [0.717, 1.165) is 12.0 Å². The lowest BCUT2D eigenvalue weighted by Gasteiger charge is -2.34. The van der Waals surface area contributed by atoms with Crippen molar-refractivity contribution < 1.29 is 19.4 Å². The topological polar surface area (TPSA) is 67.8 Å². The van der Waals surface area contributed by atoms with E-state index in [4.69, 9.17) is 9.47 Å². The summed E-state index contributed by atoms with van der Waals surface area (Å²) < 4.78 is 10.9. The van der Waals surface area contributed by atoms with Crippen molar-refractivity contribution >= 4 is 5.97 Å². The van der Waals surface area contributed by atoms with Gasteiger partial charge in [0.25, 0.3) is 0 Å². The first-order chi connectivity index (χ1) is 9.16. The number of fused-ring (bicyclic) bond motifs is 1. The molecule has 0 spiro atoms. The van der Waals surface area contributed by atoms with Crippen molar-refractivity contribution in [3.8, 4) is 11.5 Å². The van der Waals surface area contributed by atoms with E-state index < -0.39 is 11.9 Å². The Bertz CT molecular complexity index is 502. The highest BCUT2D eigenvalue weighted by Crippen LogP contribution is 2.44. The molecule has 2 N–H and O–H groups in total. The average molecular weight is 263 g/mol. The van der Waals surface area contributed by atoms with E-state index in [-0.39, 0.29) is 12.7 Å². The molecule has 1 fully saturated rings. The minimum Gasteiger partial charge on any atom is -0.481 e. The highest BCUT2D eigenvalue weighted by molar-refractivity contribution is 5.72. The molecule has 5 nitrogen and oxygen atoms in total. The monoisotopic (exact) mass is 263 g/mol. The van der Waals surface area contributed by atoms with Crippen molar-refractivity contribution in [3.63, 3.8) is 0 Å². The van der Waals surface area contributed by atoms with Gasteiger partial charge in [-0.05, 0) is 19.4 Å². The Labute approximate surface area is 111 Å². The van der Waals surface area contributed by atoms with Crippen molar-refractivity contribution in [2.75, 3.05) is 13.3 Å². The number of benzene rings is 1. The van der Waals surface area contributed by atoms with Gasteiger partial charge in [0.1, 0.15) is 0 Å². The number of rotatable bonds is 2. The zero-order valence-corrected chi connectivity index (χ0v) is 10.8. The maximum absolute atomic E-state index is 11.4. The lowest BCUT2D eigenvalue weighted by Crippen LogP contribution is -2.44. The molecule has 0 saturated carbocycles. The normalized spacial score (nSPS) is 29.2. The summed E-state index contributed by atoms with van der Waals surface area (Å²) in [5.41, 5.74) is 0.954. The lowest BCUT2D eigenvalue weighted by molar-refractivity contribution is -0.143. The summed E-state index contributed by atoms with van der Waals surface area (Å²) in [6.07, 6.45) is 0.788. The van der Waals surface area contributed by atoms with Crippen LogP contribution < -0.4 is 14.8 Å². The van der Waals surface area contributed by atoms with E-state index in [1.165, 1.54) is 0 Å². The Morgan fingerprint density at radius 3 is 3.05 bits per heavy atom. The van der Waals surface area contributed by atoms with Gasteiger partial charge < -0.3 is 19.9 Å². The molecule has 2 aliphatic rings. The molecule has 0 aliphatic carbocycles. The second kappa shape index (κ2) is 4.74. The molecule has 2 aliphatic heterocycles. The van der Waals surface area contributed by atoms with Crippen LogP contribution in [0.25, 0.3) is 0 Å². The van der Waals surface area contributed by atoms with Crippen LogP contribution in [0.1, 0.15) is 24.8 Å². The number of ether oxygens (including phenoxy) is 2. The number of para-hydroxylation sites is 1. The Hall–Kier alpha value is -1.75. The minimum absolute atomic E-state index is 0.0367. The van der Waals surface area contributed by atoms with Gasteiger partial charge in [-0.3, -0.25) is 4.79 Å². The van der Waals surface area contributed by atoms with Crippen LogP contribution >= 0.6 is 0 Å². The SMILES string of the molecule is CC1CC(c2cccc3c2OCO3)C(C(=O)O)CN1. The van der Waals surface area contributed by atoms with Crippen molar-refractivity contribution in [2.45, 2.75) is 25.3 Å². The third-order valence-corrected chi connectivity index (χ3v) is 3.92. The molecule has 0 amide bonds. The van der Waals surface area contributed by atoms with Gasteiger partial charge in [-0.25, -0.2) is 0 Å². The quantitative estimate of drug-likeness (QED) is 0.848. The summed E-state index contributed by atoms with van der Waals surface area (Å²) in [5.74, 6) is 0.207. The molecular formula is C14H17NO4. The smallest absolute Gasteiger partial charge is 0.308 e. The molecule has 1 aromatic carbocycles. The minimum atomic E-state index is -0.763. The number of nitrogens with one attached hydrogen (secondary N) is 1. The Morgan fingerprint density at radius 1 is 1.42 bits per heavy atom.